The summed E-state index contributed by atoms with van der Waals surface area (Å²) in [5.74, 6) is 0.211. The summed E-state index contributed by atoms with van der Waals surface area (Å²) < 4.78 is 0. The highest BCUT2D eigenvalue weighted by Crippen LogP contribution is 2.35. The molecule has 2 aromatic carbocycles. The van der Waals surface area contributed by atoms with Gasteiger partial charge in [-0.25, -0.2) is 0 Å². The minimum Gasteiger partial charge on any atom is -0.507 e. The van der Waals surface area contributed by atoms with Gasteiger partial charge in [0.05, 0.1) is 5.56 Å². The first-order chi connectivity index (χ1) is 7.77. The number of hydrogen-bond acceptors (Lipinski definition) is 2. The Morgan fingerprint density at radius 2 is 1.94 bits per heavy atom. The van der Waals surface area contributed by atoms with E-state index >= 15 is 0 Å². The molecule has 16 heavy (non-hydrogen) atoms. The van der Waals surface area contributed by atoms with Crippen LogP contribution in [-0.2, 0) is 6.42 Å². The van der Waals surface area contributed by atoms with Gasteiger partial charge in [0.1, 0.15) is 5.75 Å². The summed E-state index contributed by atoms with van der Waals surface area (Å²) in [5.41, 5.74) is 1.57. The molecule has 1 aliphatic rings. The fourth-order valence-corrected chi connectivity index (χ4v) is 2.53. The van der Waals surface area contributed by atoms with Gasteiger partial charge in [0.25, 0.3) is 0 Å². The van der Waals surface area contributed by atoms with Crippen LogP contribution in [0.2, 0.25) is 0 Å². The third-order valence-electron chi connectivity index (χ3n) is 3.25. The Bertz CT molecular complexity index is 585. The van der Waals surface area contributed by atoms with Gasteiger partial charge in [0, 0.05) is 6.42 Å². The van der Waals surface area contributed by atoms with Gasteiger partial charge in [-0.1, -0.05) is 24.3 Å². The molecule has 0 heterocycles. The van der Waals surface area contributed by atoms with Crippen molar-refractivity contribution in [3.63, 3.8) is 0 Å². The maximum Gasteiger partial charge on any atom is 0.166 e. The summed E-state index contributed by atoms with van der Waals surface area (Å²) in [6.07, 6.45) is 2.33. The molecule has 0 bridgehead atoms. The highest BCUT2D eigenvalue weighted by Gasteiger charge is 2.22. The minimum atomic E-state index is 0.0736. The smallest absolute Gasteiger partial charge is 0.166 e. The average molecular weight is 212 g/mol. The number of Topliss-reactive ketones (excluding diaryl/α,β-unsaturated/α-hetero) is 1. The van der Waals surface area contributed by atoms with E-state index in [1.807, 2.05) is 24.3 Å². The SMILES string of the molecule is O=C1CCCc2c1c(O)cc1ccccc21. The zero-order chi connectivity index (χ0) is 11.1. The topological polar surface area (TPSA) is 37.3 Å². The second-order valence-electron chi connectivity index (χ2n) is 4.25. The molecule has 0 saturated carbocycles. The number of phenols is 1. The lowest BCUT2D eigenvalue weighted by Gasteiger charge is -2.18. The van der Waals surface area contributed by atoms with Crippen LogP contribution in [-0.4, -0.2) is 10.9 Å². The van der Waals surface area contributed by atoms with E-state index in [4.69, 9.17) is 0 Å². The average Bonchev–Trinajstić information content (AvgIpc) is 2.29. The standard InChI is InChI=1S/C14H12O2/c15-12-7-3-6-11-10-5-2-1-4-9(10)8-13(16)14(11)12/h1-2,4-5,8,16H,3,6-7H2. The molecular formula is C14H12O2. The molecule has 0 atom stereocenters. The summed E-state index contributed by atoms with van der Waals surface area (Å²) in [5, 5.41) is 12.0. The molecule has 0 spiro atoms. The third-order valence-corrected chi connectivity index (χ3v) is 3.25. The fourth-order valence-electron chi connectivity index (χ4n) is 2.53. The summed E-state index contributed by atoms with van der Waals surface area (Å²) >= 11 is 0. The van der Waals surface area contributed by atoms with Crippen molar-refractivity contribution in [2.45, 2.75) is 19.3 Å². The Morgan fingerprint density at radius 3 is 2.81 bits per heavy atom. The van der Waals surface area contributed by atoms with Crippen LogP contribution in [0.5, 0.6) is 5.75 Å². The van der Waals surface area contributed by atoms with Crippen molar-refractivity contribution < 1.29 is 9.90 Å². The number of hydrogen-bond donors (Lipinski definition) is 1. The van der Waals surface area contributed by atoms with Crippen molar-refractivity contribution in [3.8, 4) is 5.75 Å². The maximum atomic E-state index is 11.8. The third kappa shape index (κ3) is 1.23. The number of carbonyl (C=O) groups is 1. The van der Waals surface area contributed by atoms with Gasteiger partial charge in [-0.05, 0) is 35.2 Å². The van der Waals surface area contributed by atoms with Crippen molar-refractivity contribution in [2.75, 3.05) is 0 Å². The molecular weight excluding hydrogens is 200 g/mol. The van der Waals surface area contributed by atoms with Gasteiger partial charge in [0.2, 0.25) is 0 Å². The molecule has 0 fully saturated rings. The Hall–Kier alpha value is -1.83. The molecule has 80 valence electrons. The van der Waals surface area contributed by atoms with Crippen molar-refractivity contribution >= 4 is 16.6 Å². The monoisotopic (exact) mass is 212 g/mol. The van der Waals surface area contributed by atoms with E-state index in [1.54, 1.807) is 6.07 Å². The molecule has 2 heteroatoms. The molecule has 0 aliphatic heterocycles. The van der Waals surface area contributed by atoms with Crippen LogP contribution in [0.3, 0.4) is 0 Å². The summed E-state index contributed by atoms with van der Waals surface area (Å²) in [7, 11) is 0. The van der Waals surface area contributed by atoms with E-state index < -0.39 is 0 Å². The maximum absolute atomic E-state index is 11.8. The molecule has 3 rings (SSSR count). The Kier molecular flexibility index (Phi) is 1.96. The number of aryl methyl sites for hydroxylation is 1. The van der Waals surface area contributed by atoms with Crippen LogP contribution in [0.1, 0.15) is 28.8 Å². The van der Waals surface area contributed by atoms with Crippen molar-refractivity contribution in [1.82, 2.24) is 0 Å². The van der Waals surface area contributed by atoms with E-state index in [9.17, 15) is 9.90 Å². The van der Waals surface area contributed by atoms with Crippen LogP contribution in [0.15, 0.2) is 30.3 Å². The second kappa shape index (κ2) is 3.34. The fraction of sp³-hybridized carbons (Fsp3) is 0.214. The highest BCUT2D eigenvalue weighted by atomic mass is 16.3. The highest BCUT2D eigenvalue weighted by molar-refractivity contribution is 6.06. The molecule has 1 aliphatic carbocycles. The lowest BCUT2D eigenvalue weighted by atomic mass is 9.86. The molecule has 0 unspecified atom stereocenters. The predicted molar refractivity (Wildman–Crippen MR) is 62.9 cm³/mol. The zero-order valence-electron chi connectivity index (χ0n) is 8.86. The lowest BCUT2D eigenvalue weighted by molar-refractivity contribution is 0.0970. The van der Waals surface area contributed by atoms with E-state index in [0.717, 1.165) is 29.2 Å². The zero-order valence-corrected chi connectivity index (χ0v) is 8.86. The van der Waals surface area contributed by atoms with E-state index in [0.29, 0.717) is 12.0 Å². The van der Waals surface area contributed by atoms with Gasteiger partial charge in [-0.15, -0.1) is 0 Å². The van der Waals surface area contributed by atoms with Gasteiger partial charge in [-0.2, -0.15) is 0 Å². The summed E-state index contributed by atoms with van der Waals surface area (Å²) in [4.78, 5) is 11.8. The predicted octanol–water partition coefficient (Wildman–Crippen LogP) is 3.06. The number of fused-ring (bicyclic) bond motifs is 3. The summed E-state index contributed by atoms with van der Waals surface area (Å²) in [6.45, 7) is 0. The quantitative estimate of drug-likeness (QED) is 0.728. The molecule has 0 radical (unpaired) electrons. The summed E-state index contributed by atoms with van der Waals surface area (Å²) in [6, 6.07) is 9.59. The number of carbonyl (C=O) groups excluding carboxylic acids is 1. The van der Waals surface area contributed by atoms with Gasteiger partial charge >= 0.3 is 0 Å². The number of benzene rings is 2. The van der Waals surface area contributed by atoms with Crippen LogP contribution >= 0.6 is 0 Å². The van der Waals surface area contributed by atoms with Crippen LogP contribution in [0.25, 0.3) is 10.8 Å². The molecule has 0 saturated heterocycles. The Balaban J connectivity index is 2.43. The van der Waals surface area contributed by atoms with Gasteiger partial charge < -0.3 is 5.11 Å². The van der Waals surface area contributed by atoms with Crippen LogP contribution in [0.4, 0.5) is 0 Å². The normalized spacial score (nSPS) is 15.1. The molecule has 1 N–H and O–H groups in total. The first-order valence-corrected chi connectivity index (χ1v) is 5.54. The molecule has 0 aromatic heterocycles. The number of phenolic OH excluding ortho intramolecular Hbond substituents is 1. The first-order valence-electron chi connectivity index (χ1n) is 5.54. The lowest BCUT2D eigenvalue weighted by Crippen LogP contribution is -2.11. The van der Waals surface area contributed by atoms with E-state index in [-0.39, 0.29) is 11.5 Å². The van der Waals surface area contributed by atoms with E-state index in [1.165, 1.54) is 0 Å². The van der Waals surface area contributed by atoms with Crippen LogP contribution < -0.4 is 0 Å². The number of ketones is 1. The first kappa shape index (κ1) is 9.40. The molecule has 2 nitrogen and oxygen atoms in total. The molecule has 2 aromatic rings. The van der Waals surface area contributed by atoms with Crippen LogP contribution in [0, 0.1) is 0 Å². The number of aromatic hydroxyl groups is 1. The largest absolute Gasteiger partial charge is 0.507 e. The molecule has 0 amide bonds. The second-order valence-corrected chi connectivity index (χ2v) is 4.25. The number of rotatable bonds is 0. The van der Waals surface area contributed by atoms with Crippen molar-refractivity contribution in [2.24, 2.45) is 0 Å². The van der Waals surface area contributed by atoms with Crippen molar-refractivity contribution in [1.29, 1.82) is 0 Å². The Labute approximate surface area is 93.5 Å². The minimum absolute atomic E-state index is 0.0736. The van der Waals surface area contributed by atoms with E-state index in [2.05, 4.69) is 0 Å². The Morgan fingerprint density at radius 1 is 1.12 bits per heavy atom. The van der Waals surface area contributed by atoms with Gasteiger partial charge in [-0.3, -0.25) is 4.79 Å². The van der Waals surface area contributed by atoms with Crippen molar-refractivity contribution in [3.05, 3.63) is 41.5 Å². The van der Waals surface area contributed by atoms with Gasteiger partial charge in [0.15, 0.2) is 5.78 Å².